The Kier molecular flexibility index (Phi) is 17.1. The van der Waals surface area contributed by atoms with Crippen LogP contribution in [-0.4, -0.2) is 105 Å². The van der Waals surface area contributed by atoms with Crippen LogP contribution >= 0.6 is 23.5 Å². The zero-order chi connectivity index (χ0) is 55.4. The molecule has 17 nitrogen and oxygen atoms in total. The molecule has 4 atom stereocenters. The van der Waals surface area contributed by atoms with Crippen LogP contribution in [0.5, 0.6) is 0 Å². The van der Waals surface area contributed by atoms with Gasteiger partial charge in [-0.2, -0.15) is 8.78 Å². The fourth-order valence-electron chi connectivity index (χ4n) is 9.79. The Hall–Kier alpha value is -6.88. The third-order valence-corrected chi connectivity index (χ3v) is 15.5. The molecule has 4 aromatic carbocycles. The number of benzene rings is 4. The van der Waals surface area contributed by atoms with E-state index in [9.17, 15) is 47.1 Å². The van der Waals surface area contributed by atoms with Gasteiger partial charge in [0.2, 0.25) is 35.4 Å². The molecule has 5 N–H and O–H groups in total. The van der Waals surface area contributed by atoms with Gasteiger partial charge in [-0.05, 0) is 89.1 Å². The average Bonchev–Trinajstić information content (AvgIpc) is 4.12. The number of anilines is 1. The maximum atomic E-state index is 15.1. The van der Waals surface area contributed by atoms with Crippen molar-refractivity contribution in [3.63, 3.8) is 0 Å². The minimum absolute atomic E-state index is 0.00607. The minimum atomic E-state index is -5.86. The van der Waals surface area contributed by atoms with Crippen molar-refractivity contribution in [2.24, 2.45) is 5.41 Å². The van der Waals surface area contributed by atoms with Crippen molar-refractivity contribution in [2.75, 3.05) is 24.5 Å². The van der Waals surface area contributed by atoms with E-state index in [0.717, 1.165) is 22.2 Å². The summed E-state index contributed by atoms with van der Waals surface area (Å²) in [5, 5.41) is 8.06. The van der Waals surface area contributed by atoms with Crippen LogP contribution in [-0.2, 0) is 63.3 Å². The number of amides is 7. The molecule has 0 radical (unpaired) electrons. The maximum Gasteiger partial charge on any atom is 0.399 e. The monoisotopic (exact) mass is 1140 g/mol. The molecule has 3 aliphatic heterocycles. The van der Waals surface area contributed by atoms with Gasteiger partial charge in [-0.15, -0.1) is 0 Å². The Bertz CT molecular complexity index is 3130. The summed E-state index contributed by atoms with van der Waals surface area (Å²) in [4.78, 5) is 118. The number of nitrogens with one attached hydrogen (secondary N) is 3. The highest BCUT2D eigenvalue weighted by Crippen LogP contribution is 2.59. The van der Waals surface area contributed by atoms with Gasteiger partial charge in [0.15, 0.2) is 0 Å². The van der Waals surface area contributed by atoms with Gasteiger partial charge in [0, 0.05) is 90.7 Å². The third kappa shape index (κ3) is 12.9. The number of carbonyl (C=O) groups excluding carboxylic acids is 7. The van der Waals surface area contributed by atoms with Crippen LogP contribution in [0.3, 0.4) is 0 Å². The Labute approximate surface area is 452 Å². The molecule has 7 amide bonds. The van der Waals surface area contributed by atoms with E-state index in [2.05, 4.69) is 43.7 Å². The Morgan fingerprint density at radius 1 is 0.987 bits per heavy atom. The SMILES string of the molecule is CC(C)(C)[C@H](NC(=O)C1=Cc2cc(C(F)(F)P(=O)(O)O)ccc2C1)C(=O)N1C[C@H](OCc2ccccc2)C[C@H]1C(=O)N(CCC(=O)NCCCC#Cc1cccc2c1CN(C1CCC(=O)NC1=O)C2=O)c1ccc(Br)cc1. The molecule has 4 aliphatic rings. The molecule has 404 valence electrons. The molecule has 1 unspecified atom stereocenters. The number of unbranched alkanes of at least 4 members (excludes halogenated alkanes) is 1. The lowest BCUT2D eigenvalue weighted by atomic mass is 9.85. The first-order valence-electron chi connectivity index (χ1n) is 25.1. The lowest BCUT2D eigenvalue weighted by Gasteiger charge is -2.36. The van der Waals surface area contributed by atoms with Crippen LogP contribution in [0, 0.1) is 17.3 Å². The number of nitrogens with zero attached hydrogens (tertiary/aromatic N) is 3. The van der Waals surface area contributed by atoms with Crippen LogP contribution < -0.4 is 20.9 Å². The zero-order valence-corrected chi connectivity index (χ0v) is 45.0. The second-order valence-electron chi connectivity index (χ2n) is 20.5. The fraction of sp³-hybridized carbons (Fsp3) is 0.375. The van der Waals surface area contributed by atoms with Crippen molar-refractivity contribution in [1.29, 1.82) is 0 Å². The molecule has 0 bridgehead atoms. The summed E-state index contributed by atoms with van der Waals surface area (Å²) in [7, 11) is -5.86. The zero-order valence-electron chi connectivity index (χ0n) is 42.5. The second-order valence-corrected chi connectivity index (χ2v) is 23.0. The van der Waals surface area contributed by atoms with Crippen LogP contribution in [0.15, 0.2) is 101 Å². The molecule has 4 aromatic rings. The number of hydrogen-bond donors (Lipinski definition) is 5. The normalized spacial score (nSPS) is 18.6. The standard InChI is InChI=1S/C56H58BrF2N6O11P/c1-55(2,3)49(62-50(68)38-27-36-16-17-39(29-37(36)28-38)56(58,59)77(73,74)75)54(72)64-31-42(76-33-34-11-6-4-7-12-34)30-46(64)53(71)63(41-20-18-40(57)19-21-41)26-24-47(66)60-25-9-5-8-13-35-14-10-15-43-44(35)32-65(52(43)70)45-22-23-48(67)61-51(45)69/h4,6-7,10-12,14-21,28-29,42,45-46,49H,5,9,22-27,30-33H2,1-3H3,(H,60,66)(H,62,68)(H,61,67,69)(H2,73,74,75)/t42-,45?,46+,49-/m1/s1. The number of rotatable bonds is 17. The number of alkyl halides is 2. The summed E-state index contributed by atoms with van der Waals surface area (Å²) in [5.41, 5.74) is -2.40. The van der Waals surface area contributed by atoms with Gasteiger partial charge < -0.3 is 39.9 Å². The largest absolute Gasteiger partial charge is 0.399 e. The summed E-state index contributed by atoms with van der Waals surface area (Å²) < 4.78 is 48.0. The smallest absolute Gasteiger partial charge is 0.372 e. The first-order chi connectivity index (χ1) is 36.5. The van der Waals surface area contributed by atoms with Crippen LogP contribution in [0.4, 0.5) is 14.5 Å². The quantitative estimate of drug-likeness (QED) is 0.0333. The van der Waals surface area contributed by atoms with Crippen molar-refractivity contribution in [2.45, 2.75) is 109 Å². The van der Waals surface area contributed by atoms with E-state index >= 15 is 9.59 Å². The molecule has 21 heteroatoms. The van der Waals surface area contributed by atoms with Crippen LogP contribution in [0.1, 0.15) is 103 Å². The predicted molar refractivity (Wildman–Crippen MR) is 283 cm³/mol. The summed E-state index contributed by atoms with van der Waals surface area (Å²) in [5.74, 6) is 3.01. The van der Waals surface area contributed by atoms with Gasteiger partial charge in [-0.25, -0.2) is 0 Å². The fourth-order valence-corrected chi connectivity index (χ4v) is 10.5. The van der Waals surface area contributed by atoms with Gasteiger partial charge in [0.05, 0.1) is 12.7 Å². The minimum Gasteiger partial charge on any atom is -0.372 e. The van der Waals surface area contributed by atoms with Crippen molar-refractivity contribution in [3.05, 3.63) is 140 Å². The highest BCUT2D eigenvalue weighted by molar-refractivity contribution is 9.10. The lowest BCUT2D eigenvalue weighted by Crippen LogP contribution is -2.58. The van der Waals surface area contributed by atoms with E-state index in [1.54, 1.807) is 63.2 Å². The van der Waals surface area contributed by atoms with Crippen LogP contribution in [0.25, 0.3) is 6.08 Å². The summed E-state index contributed by atoms with van der Waals surface area (Å²) >= 11 is 3.45. The number of fused-ring (bicyclic) bond motifs is 2. The molecule has 1 aliphatic carbocycles. The molecule has 3 heterocycles. The number of likely N-dealkylation sites (tertiary alicyclic amines) is 1. The summed E-state index contributed by atoms with van der Waals surface area (Å²) in [6.07, 6.45) is 1.99. The predicted octanol–water partition coefficient (Wildman–Crippen LogP) is 6.47. The molecule has 0 saturated carbocycles. The van der Waals surface area contributed by atoms with Gasteiger partial charge in [-0.3, -0.25) is 43.4 Å². The van der Waals surface area contributed by atoms with Crippen molar-refractivity contribution >= 4 is 76.6 Å². The third-order valence-electron chi connectivity index (χ3n) is 14.0. The first-order valence-corrected chi connectivity index (χ1v) is 27.5. The van der Waals surface area contributed by atoms with Crippen LogP contribution in [0.2, 0.25) is 0 Å². The average molecular weight is 1140 g/mol. The van der Waals surface area contributed by atoms with Gasteiger partial charge in [-0.1, -0.05) is 97.1 Å². The van der Waals surface area contributed by atoms with E-state index in [1.807, 2.05) is 30.3 Å². The molecular formula is C56H58BrF2N6O11P. The number of halogens is 3. The summed E-state index contributed by atoms with van der Waals surface area (Å²) in [6, 6.07) is 21.6. The molecular weight excluding hydrogens is 1080 g/mol. The molecule has 2 saturated heterocycles. The van der Waals surface area contributed by atoms with Crippen molar-refractivity contribution < 1.29 is 61.4 Å². The molecule has 0 aromatic heterocycles. The van der Waals surface area contributed by atoms with E-state index in [-0.39, 0.29) is 93.7 Å². The van der Waals surface area contributed by atoms with Gasteiger partial charge in [0.25, 0.3) is 5.91 Å². The molecule has 8 rings (SSSR count). The second kappa shape index (κ2) is 23.4. The number of carbonyl (C=O) groups is 7. The Balaban J connectivity index is 0.942. The van der Waals surface area contributed by atoms with Gasteiger partial charge >= 0.3 is 13.3 Å². The van der Waals surface area contributed by atoms with Gasteiger partial charge in [0.1, 0.15) is 18.1 Å². The Morgan fingerprint density at radius 2 is 1.73 bits per heavy atom. The maximum absolute atomic E-state index is 15.1. The first kappa shape index (κ1) is 56.3. The molecule has 0 spiro atoms. The molecule has 77 heavy (non-hydrogen) atoms. The highest BCUT2D eigenvalue weighted by Gasteiger charge is 2.51. The highest BCUT2D eigenvalue weighted by atomic mass is 79.9. The van der Waals surface area contributed by atoms with E-state index < -0.39 is 72.1 Å². The number of imide groups is 1. The number of piperidine rings is 1. The van der Waals surface area contributed by atoms with E-state index in [0.29, 0.717) is 40.8 Å². The number of hydrogen-bond acceptors (Lipinski definition) is 9. The topological polar surface area (TPSA) is 232 Å². The van der Waals surface area contributed by atoms with Crippen molar-refractivity contribution in [3.8, 4) is 11.8 Å². The van der Waals surface area contributed by atoms with Crippen molar-refractivity contribution in [1.82, 2.24) is 25.8 Å². The lowest BCUT2D eigenvalue weighted by molar-refractivity contribution is -0.143. The Morgan fingerprint density at radius 3 is 2.43 bits per heavy atom. The van der Waals surface area contributed by atoms with E-state index in [1.165, 1.54) is 26.8 Å². The number of ether oxygens (including phenoxy) is 1. The molecule has 2 fully saturated rings. The summed E-state index contributed by atoms with van der Waals surface area (Å²) in [6.45, 7) is 5.81. The van der Waals surface area contributed by atoms with E-state index in [4.69, 9.17) is 4.74 Å².